The monoisotopic (exact) mass is 514 g/mol. The number of alkyl carbamates (subject to hydrolysis) is 1. The van der Waals surface area contributed by atoms with Crippen LogP contribution in [0, 0.1) is 0 Å². The van der Waals surface area contributed by atoms with E-state index in [1.165, 1.54) is 6.07 Å². The van der Waals surface area contributed by atoms with Gasteiger partial charge in [-0.15, -0.1) is 0 Å². The number of unbranched alkanes of at least 4 members (excludes halogenated alkanes) is 1. The molecule has 2 aliphatic rings. The lowest BCUT2D eigenvalue weighted by Crippen LogP contribution is -2.49. The maximum atomic E-state index is 13.2. The molecule has 37 heavy (non-hydrogen) atoms. The summed E-state index contributed by atoms with van der Waals surface area (Å²) in [5.74, 6) is -2.42. The topological polar surface area (TPSA) is 151 Å². The van der Waals surface area contributed by atoms with Gasteiger partial charge in [0.15, 0.2) is 0 Å². The second kappa shape index (κ2) is 12.0. The molecule has 0 spiro atoms. The Morgan fingerprint density at radius 3 is 2.46 bits per heavy atom. The van der Waals surface area contributed by atoms with Gasteiger partial charge in [0.05, 0.1) is 11.1 Å². The molecule has 0 unspecified atom stereocenters. The highest BCUT2D eigenvalue weighted by Gasteiger charge is 2.44. The molecule has 0 aromatic heterocycles. The predicted molar refractivity (Wildman–Crippen MR) is 133 cm³/mol. The largest absolute Gasteiger partial charge is 0.444 e. The molecule has 3 N–H and O–H groups in total. The average Bonchev–Trinajstić information content (AvgIpc) is 2.94. The van der Waals surface area contributed by atoms with E-state index >= 15 is 0 Å². The van der Waals surface area contributed by atoms with Crippen molar-refractivity contribution in [3.63, 3.8) is 0 Å². The summed E-state index contributed by atoms with van der Waals surface area (Å²) in [6.07, 6.45) is 1.98. The minimum Gasteiger partial charge on any atom is -0.444 e. The summed E-state index contributed by atoms with van der Waals surface area (Å²) in [4.78, 5) is 75.2. The molecule has 1 atom stereocenters. The van der Waals surface area contributed by atoms with Crippen molar-refractivity contribution >= 4 is 35.6 Å². The first-order valence-electron chi connectivity index (χ1n) is 12.5. The van der Waals surface area contributed by atoms with Gasteiger partial charge in [-0.3, -0.25) is 34.2 Å². The number of hydrogen-bond acceptors (Lipinski definition) is 7. The number of aryl methyl sites for hydroxylation is 1. The lowest BCUT2D eigenvalue weighted by Gasteiger charge is -2.23. The van der Waals surface area contributed by atoms with E-state index in [1.807, 2.05) is 0 Å². The Bertz CT molecular complexity index is 1090. The fourth-order valence-corrected chi connectivity index (χ4v) is 4.30. The van der Waals surface area contributed by atoms with Crippen LogP contribution in [0.4, 0.5) is 4.79 Å². The number of nitrogens with zero attached hydrogens (tertiary/aromatic N) is 1. The fourth-order valence-electron chi connectivity index (χ4n) is 4.30. The number of amides is 6. The van der Waals surface area contributed by atoms with Crippen LogP contribution in [0.3, 0.4) is 0 Å². The first kappa shape index (κ1) is 27.8. The quantitative estimate of drug-likeness (QED) is 0.336. The maximum absolute atomic E-state index is 13.2. The molecule has 3 rings (SSSR count). The number of carbonyl (C=O) groups is 6. The van der Waals surface area contributed by atoms with Gasteiger partial charge in [-0.25, -0.2) is 4.79 Å². The molecular weight excluding hydrogens is 480 g/mol. The lowest BCUT2D eigenvalue weighted by atomic mass is 9.99. The second-order valence-electron chi connectivity index (χ2n) is 10.1. The number of ether oxygens (including phenoxy) is 1. The summed E-state index contributed by atoms with van der Waals surface area (Å²) >= 11 is 0. The standard InChI is InChI=1S/C26H34N4O7/c1-26(2,3)37-25(36)28-15-5-4-14-27-19(31)13-12-16-8-6-9-17-21(16)24(35)30(23(17)34)18-10-7-11-20(32)29-22(18)33/h6,8-9,18H,4-5,7,10-15H2,1-3H3,(H,27,31)(H,28,36)(H,29,32,33)/t18-/m0/s1. The number of rotatable bonds is 9. The van der Waals surface area contributed by atoms with Crippen molar-refractivity contribution in [1.82, 2.24) is 20.9 Å². The van der Waals surface area contributed by atoms with Gasteiger partial charge in [0, 0.05) is 25.9 Å². The van der Waals surface area contributed by atoms with Gasteiger partial charge in [0.1, 0.15) is 11.6 Å². The third-order valence-electron chi connectivity index (χ3n) is 6.01. The summed E-state index contributed by atoms with van der Waals surface area (Å²) in [6.45, 7) is 6.22. The zero-order valence-electron chi connectivity index (χ0n) is 21.5. The number of benzene rings is 1. The van der Waals surface area contributed by atoms with Crippen LogP contribution in [0.1, 0.15) is 85.6 Å². The van der Waals surface area contributed by atoms with E-state index in [2.05, 4.69) is 16.0 Å². The fraction of sp³-hybridized carbons (Fsp3) is 0.538. The molecule has 1 saturated heterocycles. The smallest absolute Gasteiger partial charge is 0.407 e. The zero-order chi connectivity index (χ0) is 27.2. The van der Waals surface area contributed by atoms with E-state index in [1.54, 1.807) is 32.9 Å². The highest BCUT2D eigenvalue weighted by atomic mass is 16.6. The van der Waals surface area contributed by atoms with Crippen molar-refractivity contribution in [3.05, 3.63) is 34.9 Å². The highest BCUT2D eigenvalue weighted by Crippen LogP contribution is 2.30. The third kappa shape index (κ3) is 7.37. The van der Waals surface area contributed by atoms with E-state index in [4.69, 9.17) is 4.74 Å². The molecule has 0 aliphatic carbocycles. The molecule has 1 aromatic carbocycles. The molecule has 2 heterocycles. The summed E-state index contributed by atoms with van der Waals surface area (Å²) in [5, 5.41) is 7.71. The van der Waals surface area contributed by atoms with Crippen LogP contribution in [-0.4, -0.2) is 65.3 Å². The molecule has 0 bridgehead atoms. The number of nitrogens with one attached hydrogen (secondary N) is 3. The van der Waals surface area contributed by atoms with Crippen LogP contribution >= 0.6 is 0 Å². The normalized spacial score (nSPS) is 17.7. The Balaban J connectivity index is 1.49. The maximum Gasteiger partial charge on any atom is 0.407 e. The summed E-state index contributed by atoms with van der Waals surface area (Å²) in [7, 11) is 0. The summed E-state index contributed by atoms with van der Waals surface area (Å²) in [5.41, 5.74) is 0.401. The van der Waals surface area contributed by atoms with Crippen LogP contribution in [0.5, 0.6) is 0 Å². The van der Waals surface area contributed by atoms with Gasteiger partial charge < -0.3 is 15.4 Å². The van der Waals surface area contributed by atoms with E-state index in [0.29, 0.717) is 37.9 Å². The summed E-state index contributed by atoms with van der Waals surface area (Å²) < 4.78 is 5.16. The van der Waals surface area contributed by atoms with Crippen molar-refractivity contribution in [3.8, 4) is 0 Å². The van der Waals surface area contributed by atoms with Gasteiger partial charge in [0.25, 0.3) is 11.8 Å². The van der Waals surface area contributed by atoms with Crippen LogP contribution in [0.2, 0.25) is 0 Å². The van der Waals surface area contributed by atoms with Gasteiger partial charge in [-0.05, 0) is 64.5 Å². The van der Waals surface area contributed by atoms with Crippen molar-refractivity contribution < 1.29 is 33.5 Å². The van der Waals surface area contributed by atoms with Crippen molar-refractivity contribution in [2.75, 3.05) is 13.1 Å². The summed E-state index contributed by atoms with van der Waals surface area (Å²) in [6, 6.07) is 3.83. The molecule has 200 valence electrons. The van der Waals surface area contributed by atoms with E-state index < -0.39 is 41.4 Å². The Morgan fingerprint density at radius 2 is 1.76 bits per heavy atom. The van der Waals surface area contributed by atoms with Crippen molar-refractivity contribution in [2.24, 2.45) is 0 Å². The van der Waals surface area contributed by atoms with Crippen molar-refractivity contribution in [2.45, 2.75) is 77.4 Å². The molecule has 1 aromatic rings. The van der Waals surface area contributed by atoms with E-state index in [9.17, 15) is 28.8 Å². The van der Waals surface area contributed by atoms with Crippen molar-refractivity contribution in [1.29, 1.82) is 0 Å². The van der Waals surface area contributed by atoms with Gasteiger partial charge >= 0.3 is 6.09 Å². The SMILES string of the molecule is CC(C)(C)OC(=O)NCCCCNC(=O)CCc1cccc2c1C(=O)N([C@H]1CCCC(=O)NC1=O)C2=O. The predicted octanol–water partition coefficient (Wildman–Crippen LogP) is 1.83. The number of fused-ring (bicyclic) bond motifs is 1. The minimum absolute atomic E-state index is 0.118. The van der Waals surface area contributed by atoms with Gasteiger partial charge in [-0.1, -0.05) is 12.1 Å². The van der Waals surface area contributed by atoms with Crippen LogP contribution in [-0.2, 0) is 25.5 Å². The number of carbonyl (C=O) groups excluding carboxylic acids is 6. The molecule has 1 fully saturated rings. The van der Waals surface area contributed by atoms with Crippen LogP contribution in [0.15, 0.2) is 18.2 Å². The number of hydrogen-bond donors (Lipinski definition) is 3. The third-order valence-corrected chi connectivity index (χ3v) is 6.01. The minimum atomic E-state index is -1.04. The van der Waals surface area contributed by atoms with E-state index in [-0.39, 0.29) is 42.7 Å². The Kier molecular flexibility index (Phi) is 9.01. The first-order valence-corrected chi connectivity index (χ1v) is 12.5. The Hall–Kier alpha value is -3.76. The zero-order valence-corrected chi connectivity index (χ0v) is 21.5. The molecule has 0 saturated carbocycles. The second-order valence-corrected chi connectivity index (χ2v) is 10.1. The molecule has 0 radical (unpaired) electrons. The molecule has 2 aliphatic heterocycles. The van der Waals surface area contributed by atoms with Gasteiger partial charge in [0.2, 0.25) is 17.7 Å². The first-order chi connectivity index (χ1) is 17.5. The average molecular weight is 515 g/mol. The molecule has 11 nitrogen and oxygen atoms in total. The molecule has 11 heteroatoms. The Labute approximate surface area is 215 Å². The van der Waals surface area contributed by atoms with Crippen LogP contribution < -0.4 is 16.0 Å². The highest BCUT2D eigenvalue weighted by molar-refractivity contribution is 6.23. The number of imide groups is 2. The molecular formula is C26H34N4O7. The Morgan fingerprint density at radius 1 is 1.05 bits per heavy atom. The molecule has 6 amide bonds. The van der Waals surface area contributed by atoms with E-state index in [0.717, 1.165) is 4.90 Å². The van der Waals surface area contributed by atoms with Gasteiger partial charge in [-0.2, -0.15) is 0 Å². The van der Waals surface area contributed by atoms with Crippen LogP contribution in [0.25, 0.3) is 0 Å². The lowest BCUT2D eigenvalue weighted by molar-refractivity contribution is -0.131.